The Kier molecular flexibility index (Phi) is 4.72. The molecule has 1 amide bonds. The van der Waals surface area contributed by atoms with Gasteiger partial charge in [-0.1, -0.05) is 12.1 Å². The Morgan fingerprint density at radius 2 is 1.97 bits per heavy atom. The lowest BCUT2D eigenvalue weighted by Crippen LogP contribution is -2.42. The number of nitrogens with one attached hydrogen (secondary N) is 2. The van der Waals surface area contributed by atoms with Crippen LogP contribution in [0.5, 0.6) is 0 Å². The molecular formula is C20H20N8O2. The molecule has 10 nitrogen and oxygen atoms in total. The number of hydrogen-bond donors (Lipinski definition) is 2. The number of benzene rings is 1. The van der Waals surface area contributed by atoms with Crippen molar-refractivity contribution in [3.8, 4) is 5.82 Å². The largest absolute Gasteiger partial charge is 0.423 e. The number of carbonyl (C=O) groups excluding carboxylic acids is 1. The van der Waals surface area contributed by atoms with Gasteiger partial charge in [-0.05, 0) is 37.1 Å². The minimum atomic E-state index is -0.0868. The first kappa shape index (κ1) is 18.1. The maximum atomic E-state index is 12.5. The molecule has 1 aliphatic rings. The molecule has 4 heterocycles. The third-order valence-electron chi connectivity index (χ3n) is 5.15. The van der Waals surface area contributed by atoms with Gasteiger partial charge in [-0.3, -0.25) is 20.2 Å². The first-order valence-corrected chi connectivity index (χ1v) is 9.75. The standard InChI is InChI=1S/C20H20N8O2/c29-19(26-24-17-5-6-18(25-23-17)28-12-9-21-13-28)14-7-10-27(11-8-14)20-22-15-3-1-2-4-16(15)30-20/h1-6,9,12-14H,7-8,10-11H2,(H,23,24)(H,26,29). The molecule has 0 unspecified atom stereocenters. The molecule has 0 aliphatic carbocycles. The van der Waals surface area contributed by atoms with Crippen LogP contribution in [0.15, 0.2) is 59.5 Å². The molecule has 0 radical (unpaired) electrons. The van der Waals surface area contributed by atoms with E-state index in [1.165, 1.54) is 0 Å². The molecule has 30 heavy (non-hydrogen) atoms. The number of aromatic nitrogens is 5. The second-order valence-electron chi connectivity index (χ2n) is 7.09. The fraction of sp³-hybridized carbons (Fsp3) is 0.250. The summed E-state index contributed by atoms with van der Waals surface area (Å²) in [5, 5.41) is 8.18. The van der Waals surface area contributed by atoms with Gasteiger partial charge in [0.1, 0.15) is 11.8 Å². The van der Waals surface area contributed by atoms with E-state index in [4.69, 9.17) is 4.42 Å². The third-order valence-corrected chi connectivity index (χ3v) is 5.15. The van der Waals surface area contributed by atoms with Crippen LogP contribution in [-0.4, -0.2) is 43.7 Å². The number of amides is 1. The highest BCUT2D eigenvalue weighted by Crippen LogP contribution is 2.26. The zero-order valence-electron chi connectivity index (χ0n) is 16.1. The number of nitrogens with zero attached hydrogens (tertiary/aromatic N) is 6. The van der Waals surface area contributed by atoms with Crippen molar-refractivity contribution in [2.24, 2.45) is 5.92 Å². The number of fused-ring (bicyclic) bond motifs is 1. The number of piperidine rings is 1. The summed E-state index contributed by atoms with van der Waals surface area (Å²) in [6, 6.07) is 11.9. The van der Waals surface area contributed by atoms with Gasteiger partial charge in [0.05, 0.1) is 0 Å². The molecule has 0 bridgehead atoms. The molecule has 0 atom stereocenters. The number of hydrogen-bond acceptors (Lipinski definition) is 8. The van der Waals surface area contributed by atoms with Crippen molar-refractivity contribution >= 4 is 28.8 Å². The first-order chi connectivity index (χ1) is 14.8. The van der Waals surface area contributed by atoms with Gasteiger partial charge < -0.3 is 9.32 Å². The molecule has 152 valence electrons. The lowest BCUT2D eigenvalue weighted by molar-refractivity contribution is -0.125. The molecule has 1 fully saturated rings. The van der Waals surface area contributed by atoms with Crippen LogP contribution in [0.3, 0.4) is 0 Å². The molecule has 3 aromatic heterocycles. The van der Waals surface area contributed by atoms with Crippen molar-refractivity contribution in [3.63, 3.8) is 0 Å². The topological polar surface area (TPSA) is 114 Å². The van der Waals surface area contributed by atoms with Gasteiger partial charge in [-0.15, -0.1) is 10.2 Å². The summed E-state index contributed by atoms with van der Waals surface area (Å²) < 4.78 is 7.58. The predicted octanol–water partition coefficient (Wildman–Crippen LogP) is 2.16. The van der Waals surface area contributed by atoms with Gasteiger partial charge in [0, 0.05) is 31.4 Å². The molecule has 1 saturated heterocycles. The van der Waals surface area contributed by atoms with Crippen molar-refractivity contribution in [2.75, 3.05) is 23.4 Å². The average Bonchev–Trinajstić information content (AvgIpc) is 3.48. The van der Waals surface area contributed by atoms with Crippen LogP contribution in [0.1, 0.15) is 12.8 Å². The van der Waals surface area contributed by atoms with E-state index >= 15 is 0 Å². The predicted molar refractivity (Wildman–Crippen MR) is 110 cm³/mol. The van der Waals surface area contributed by atoms with E-state index < -0.39 is 0 Å². The molecule has 10 heteroatoms. The molecule has 0 spiro atoms. The van der Waals surface area contributed by atoms with Crippen LogP contribution in [0.2, 0.25) is 0 Å². The second kappa shape index (κ2) is 7.82. The van der Waals surface area contributed by atoms with Crippen molar-refractivity contribution in [1.82, 2.24) is 30.2 Å². The molecule has 1 aliphatic heterocycles. The average molecular weight is 404 g/mol. The van der Waals surface area contributed by atoms with E-state index in [1.807, 2.05) is 24.3 Å². The quantitative estimate of drug-likeness (QED) is 0.487. The highest BCUT2D eigenvalue weighted by molar-refractivity contribution is 5.80. The Bertz CT molecular complexity index is 1100. The number of para-hydroxylation sites is 2. The molecule has 0 saturated carbocycles. The molecule has 1 aromatic carbocycles. The monoisotopic (exact) mass is 404 g/mol. The Morgan fingerprint density at radius 1 is 1.10 bits per heavy atom. The second-order valence-corrected chi connectivity index (χ2v) is 7.09. The highest BCUT2D eigenvalue weighted by atomic mass is 16.4. The molecular weight excluding hydrogens is 384 g/mol. The fourth-order valence-corrected chi connectivity index (χ4v) is 3.48. The number of hydrazine groups is 1. The Balaban J connectivity index is 1.13. The minimum Gasteiger partial charge on any atom is -0.423 e. The van der Waals surface area contributed by atoms with Crippen LogP contribution in [-0.2, 0) is 4.79 Å². The van der Waals surface area contributed by atoms with Gasteiger partial charge in [-0.2, -0.15) is 4.98 Å². The van der Waals surface area contributed by atoms with Crippen LogP contribution >= 0.6 is 0 Å². The van der Waals surface area contributed by atoms with E-state index in [1.54, 1.807) is 35.4 Å². The fourth-order valence-electron chi connectivity index (χ4n) is 3.48. The van der Waals surface area contributed by atoms with Crippen LogP contribution < -0.4 is 15.8 Å². The van der Waals surface area contributed by atoms with E-state index in [-0.39, 0.29) is 11.8 Å². The van der Waals surface area contributed by atoms with Gasteiger partial charge in [0.25, 0.3) is 6.01 Å². The lowest BCUT2D eigenvalue weighted by Gasteiger charge is -2.30. The van der Waals surface area contributed by atoms with E-state index in [0.717, 1.165) is 23.9 Å². The minimum absolute atomic E-state index is 0.0623. The molecule has 5 rings (SSSR count). The number of carbonyl (C=O) groups is 1. The highest BCUT2D eigenvalue weighted by Gasteiger charge is 2.27. The van der Waals surface area contributed by atoms with E-state index in [0.29, 0.717) is 30.7 Å². The Labute approximate surface area is 171 Å². The van der Waals surface area contributed by atoms with Gasteiger partial charge in [0.2, 0.25) is 5.91 Å². The number of rotatable bonds is 5. The normalized spacial score (nSPS) is 14.7. The summed E-state index contributed by atoms with van der Waals surface area (Å²) in [6.45, 7) is 1.43. The Morgan fingerprint density at radius 3 is 2.70 bits per heavy atom. The van der Waals surface area contributed by atoms with Gasteiger partial charge in [0.15, 0.2) is 17.2 Å². The summed E-state index contributed by atoms with van der Waals surface area (Å²) in [7, 11) is 0. The van der Waals surface area contributed by atoms with Crippen LogP contribution in [0.25, 0.3) is 16.9 Å². The van der Waals surface area contributed by atoms with E-state index in [2.05, 4.69) is 35.9 Å². The van der Waals surface area contributed by atoms with Gasteiger partial charge in [-0.25, -0.2) is 4.98 Å². The Hall–Kier alpha value is -3.95. The van der Waals surface area contributed by atoms with Crippen LogP contribution in [0.4, 0.5) is 11.8 Å². The maximum absolute atomic E-state index is 12.5. The summed E-state index contributed by atoms with van der Waals surface area (Å²) >= 11 is 0. The summed E-state index contributed by atoms with van der Waals surface area (Å²) in [5.41, 5.74) is 7.18. The zero-order chi connectivity index (χ0) is 20.3. The van der Waals surface area contributed by atoms with Crippen molar-refractivity contribution in [2.45, 2.75) is 12.8 Å². The number of oxazole rings is 1. The van der Waals surface area contributed by atoms with Crippen molar-refractivity contribution in [3.05, 3.63) is 55.1 Å². The lowest BCUT2D eigenvalue weighted by atomic mass is 9.96. The summed E-state index contributed by atoms with van der Waals surface area (Å²) in [5.74, 6) is 0.969. The van der Waals surface area contributed by atoms with Crippen molar-refractivity contribution in [1.29, 1.82) is 0 Å². The smallest absolute Gasteiger partial charge is 0.298 e. The van der Waals surface area contributed by atoms with E-state index in [9.17, 15) is 4.79 Å². The number of imidazole rings is 1. The summed E-state index contributed by atoms with van der Waals surface area (Å²) in [6.07, 6.45) is 6.54. The van der Waals surface area contributed by atoms with Crippen molar-refractivity contribution < 1.29 is 9.21 Å². The maximum Gasteiger partial charge on any atom is 0.298 e. The number of anilines is 2. The zero-order valence-corrected chi connectivity index (χ0v) is 16.1. The van der Waals surface area contributed by atoms with Gasteiger partial charge >= 0.3 is 0 Å². The summed E-state index contributed by atoms with van der Waals surface area (Å²) in [4.78, 5) is 23.1. The van der Waals surface area contributed by atoms with Crippen LogP contribution in [0, 0.1) is 5.92 Å². The SMILES string of the molecule is O=C(NNc1ccc(-n2ccnc2)nn1)C1CCN(c2nc3ccccc3o2)CC1. The molecule has 2 N–H and O–H groups in total. The molecule has 4 aromatic rings. The third kappa shape index (κ3) is 3.66. The first-order valence-electron chi connectivity index (χ1n) is 9.75.